The van der Waals surface area contributed by atoms with Crippen LogP contribution >= 0.6 is 0 Å². The van der Waals surface area contributed by atoms with Crippen molar-refractivity contribution in [2.45, 2.75) is 13.3 Å². The number of ketones is 2. The van der Waals surface area contributed by atoms with Crippen LogP contribution in [0.2, 0.25) is 0 Å². The zero-order valence-electron chi connectivity index (χ0n) is 15.2. The molecule has 0 amide bonds. The van der Waals surface area contributed by atoms with Gasteiger partial charge in [0.05, 0.1) is 18.2 Å². The number of benzene rings is 2. The average Bonchev–Trinajstić information content (AvgIpc) is 2.68. The molecule has 3 rings (SSSR count). The summed E-state index contributed by atoms with van der Waals surface area (Å²) in [5, 5.41) is 22.5. The maximum atomic E-state index is 12.9. The van der Waals surface area contributed by atoms with Crippen LogP contribution in [0.5, 0.6) is 11.5 Å². The molecule has 0 radical (unpaired) electrons. The van der Waals surface area contributed by atoms with Gasteiger partial charge in [-0.3, -0.25) is 19.5 Å². The number of rotatable bonds is 7. The third-order valence-corrected chi connectivity index (χ3v) is 4.47. The number of carbonyl (C=O) groups is 2. The average molecular weight is 371 g/mol. The first-order valence-electron chi connectivity index (χ1n) is 8.68. The second-order valence-corrected chi connectivity index (χ2v) is 6.05. The van der Waals surface area contributed by atoms with E-state index in [1.807, 2.05) is 6.92 Å². The van der Waals surface area contributed by atoms with E-state index in [1.54, 1.807) is 12.1 Å². The van der Waals surface area contributed by atoms with E-state index in [4.69, 9.17) is 9.57 Å². The third kappa shape index (κ3) is 3.27. The quantitative estimate of drug-likeness (QED) is 0.374. The molecule has 2 N–H and O–H groups in total. The Morgan fingerprint density at radius 2 is 1.67 bits per heavy atom. The number of carbonyl (C=O) groups excluding carboxylic acids is 2. The maximum absolute atomic E-state index is 12.9. The zero-order chi connectivity index (χ0) is 19.6. The van der Waals surface area contributed by atoms with Crippen LogP contribution in [0, 0.1) is 0 Å². The Morgan fingerprint density at radius 1 is 1.04 bits per heavy atom. The first kappa shape index (κ1) is 18.9. The number of anilines is 1. The van der Waals surface area contributed by atoms with Gasteiger partial charge in [0.2, 0.25) is 0 Å². The van der Waals surface area contributed by atoms with Gasteiger partial charge in [-0.1, -0.05) is 24.3 Å². The fourth-order valence-electron chi connectivity index (χ4n) is 3.20. The summed E-state index contributed by atoms with van der Waals surface area (Å²) in [6, 6.07) is 7.57. The number of fused-ring (bicyclic) bond motifs is 2. The third-order valence-electron chi connectivity index (χ3n) is 4.47. The van der Waals surface area contributed by atoms with Crippen molar-refractivity contribution in [2.75, 3.05) is 31.9 Å². The van der Waals surface area contributed by atoms with Crippen LogP contribution in [0.1, 0.15) is 45.2 Å². The van der Waals surface area contributed by atoms with E-state index in [1.165, 1.54) is 30.4 Å². The van der Waals surface area contributed by atoms with E-state index < -0.39 is 17.3 Å². The smallest absolute Gasteiger partial charge is 0.198 e. The van der Waals surface area contributed by atoms with Gasteiger partial charge in [0, 0.05) is 37.0 Å². The molecule has 0 atom stereocenters. The molecule has 27 heavy (non-hydrogen) atoms. The van der Waals surface area contributed by atoms with Gasteiger partial charge in [-0.2, -0.15) is 0 Å². The lowest BCUT2D eigenvalue weighted by atomic mass is 9.82. The molecule has 0 aromatic heterocycles. The van der Waals surface area contributed by atoms with E-state index in [0.717, 1.165) is 0 Å². The Hall–Kier alpha value is -2.90. The van der Waals surface area contributed by atoms with Crippen LogP contribution in [0.25, 0.3) is 0 Å². The van der Waals surface area contributed by atoms with Gasteiger partial charge in [-0.15, -0.1) is 0 Å². The molecule has 0 saturated carbocycles. The van der Waals surface area contributed by atoms with Gasteiger partial charge in [0.15, 0.2) is 17.3 Å². The minimum atomic E-state index is -0.514. The topological polar surface area (TPSA) is 96.3 Å². The molecule has 0 aliphatic heterocycles. The molecule has 0 unspecified atom stereocenters. The standard InChI is InChI=1S/C20H21NO6/c1-3-27-10-6-9-21(26-2)14-11-15(22)16-17(20(14)25)19(24)13-8-5-4-7-12(13)18(16)23/h4-5,7-8,11,22,25H,3,6,9-10H2,1-2H3. The number of hydroxylamine groups is 1. The van der Waals surface area contributed by atoms with Crippen molar-refractivity contribution in [3.8, 4) is 11.5 Å². The van der Waals surface area contributed by atoms with Gasteiger partial charge >= 0.3 is 0 Å². The van der Waals surface area contributed by atoms with Crippen molar-refractivity contribution >= 4 is 17.3 Å². The molecule has 2 aromatic rings. The van der Waals surface area contributed by atoms with Crippen molar-refractivity contribution in [3.63, 3.8) is 0 Å². The lowest BCUT2D eigenvalue weighted by Crippen LogP contribution is -2.26. The molecule has 1 aliphatic rings. The molecule has 2 aromatic carbocycles. The van der Waals surface area contributed by atoms with Gasteiger partial charge in [-0.25, -0.2) is 0 Å². The monoisotopic (exact) mass is 371 g/mol. The van der Waals surface area contributed by atoms with Gasteiger partial charge in [0.25, 0.3) is 0 Å². The summed E-state index contributed by atoms with van der Waals surface area (Å²) in [4.78, 5) is 30.9. The molecular weight excluding hydrogens is 350 g/mol. The fourth-order valence-corrected chi connectivity index (χ4v) is 3.20. The first-order chi connectivity index (χ1) is 13.0. The summed E-state index contributed by atoms with van der Waals surface area (Å²) in [6.07, 6.45) is 0.606. The van der Waals surface area contributed by atoms with Crippen molar-refractivity contribution in [3.05, 3.63) is 52.6 Å². The number of hydrogen-bond donors (Lipinski definition) is 2. The molecule has 0 fully saturated rings. The number of phenolic OH excluding ortho intramolecular Hbond substituents is 2. The largest absolute Gasteiger partial charge is 0.507 e. The molecule has 7 heteroatoms. The van der Waals surface area contributed by atoms with E-state index in [0.29, 0.717) is 26.2 Å². The van der Waals surface area contributed by atoms with Crippen LogP contribution in [0.3, 0.4) is 0 Å². The summed E-state index contributed by atoms with van der Waals surface area (Å²) in [5.41, 5.74) is 0.122. The van der Waals surface area contributed by atoms with Gasteiger partial charge in [0.1, 0.15) is 11.4 Å². The minimum absolute atomic E-state index is 0.116. The van der Waals surface area contributed by atoms with Crippen molar-refractivity contribution in [1.29, 1.82) is 0 Å². The molecular formula is C20H21NO6. The van der Waals surface area contributed by atoms with E-state index in [9.17, 15) is 19.8 Å². The maximum Gasteiger partial charge on any atom is 0.198 e. The van der Waals surface area contributed by atoms with E-state index in [2.05, 4.69) is 0 Å². The predicted octanol–water partition coefficient (Wildman–Crippen LogP) is 2.67. The van der Waals surface area contributed by atoms with E-state index >= 15 is 0 Å². The van der Waals surface area contributed by atoms with Gasteiger partial charge in [-0.05, 0) is 13.3 Å². The molecule has 0 spiro atoms. The summed E-state index contributed by atoms with van der Waals surface area (Å²) < 4.78 is 5.29. The summed E-state index contributed by atoms with van der Waals surface area (Å²) >= 11 is 0. The Bertz CT molecular complexity index is 892. The second-order valence-electron chi connectivity index (χ2n) is 6.05. The summed E-state index contributed by atoms with van der Waals surface area (Å²) in [7, 11) is 1.42. The highest BCUT2D eigenvalue weighted by Gasteiger charge is 2.36. The predicted molar refractivity (Wildman–Crippen MR) is 98.5 cm³/mol. The Kier molecular flexibility index (Phi) is 5.43. The Morgan fingerprint density at radius 3 is 2.26 bits per heavy atom. The first-order valence-corrected chi connectivity index (χ1v) is 8.68. The number of aromatic hydroxyl groups is 2. The van der Waals surface area contributed by atoms with Crippen LogP contribution in [0.15, 0.2) is 30.3 Å². The minimum Gasteiger partial charge on any atom is -0.507 e. The summed E-state index contributed by atoms with van der Waals surface area (Å²) in [5.74, 6) is -1.79. The highest BCUT2D eigenvalue weighted by atomic mass is 16.7. The van der Waals surface area contributed by atoms with Crippen molar-refractivity contribution < 1.29 is 29.4 Å². The van der Waals surface area contributed by atoms with Crippen molar-refractivity contribution in [2.24, 2.45) is 0 Å². The molecule has 142 valence electrons. The highest BCUT2D eigenvalue weighted by molar-refractivity contribution is 6.30. The lowest BCUT2D eigenvalue weighted by molar-refractivity contribution is 0.0973. The summed E-state index contributed by atoms with van der Waals surface area (Å²) in [6.45, 7) is 3.34. The number of phenols is 2. The number of hydrogen-bond acceptors (Lipinski definition) is 7. The van der Waals surface area contributed by atoms with E-state index in [-0.39, 0.29) is 33.7 Å². The van der Waals surface area contributed by atoms with Crippen molar-refractivity contribution in [1.82, 2.24) is 0 Å². The number of nitrogens with zero attached hydrogens (tertiary/aromatic N) is 1. The Labute approximate surface area is 156 Å². The molecule has 0 bridgehead atoms. The lowest BCUT2D eigenvalue weighted by Gasteiger charge is -2.26. The molecule has 7 nitrogen and oxygen atoms in total. The molecule has 0 heterocycles. The molecule has 1 aliphatic carbocycles. The molecule has 0 saturated heterocycles. The normalized spacial score (nSPS) is 12.7. The Balaban J connectivity index is 2.04. The van der Waals surface area contributed by atoms with Crippen LogP contribution in [-0.4, -0.2) is 48.6 Å². The highest BCUT2D eigenvalue weighted by Crippen LogP contribution is 2.43. The van der Waals surface area contributed by atoms with Gasteiger partial charge < -0.3 is 14.9 Å². The van der Waals surface area contributed by atoms with Crippen LogP contribution in [0.4, 0.5) is 5.69 Å². The van der Waals surface area contributed by atoms with Crippen LogP contribution in [-0.2, 0) is 9.57 Å². The van der Waals surface area contributed by atoms with Crippen LogP contribution < -0.4 is 5.06 Å². The zero-order valence-corrected chi connectivity index (χ0v) is 15.2. The fraction of sp³-hybridized carbons (Fsp3) is 0.300. The SMILES string of the molecule is CCOCCCN(OC)c1cc(O)c2c(c1O)C(=O)c1ccccc1C2=O. The second kappa shape index (κ2) is 7.77. The number of ether oxygens (including phenoxy) is 1.